The molecule has 0 bridgehead atoms. The van der Waals surface area contributed by atoms with Gasteiger partial charge in [0.15, 0.2) is 0 Å². The lowest BCUT2D eigenvalue weighted by Crippen LogP contribution is -2.33. The Bertz CT molecular complexity index is 196. The highest BCUT2D eigenvalue weighted by molar-refractivity contribution is 5.84. The van der Waals surface area contributed by atoms with Gasteiger partial charge in [0.1, 0.15) is 5.78 Å². The molecule has 2 rings (SSSR count). The third-order valence-corrected chi connectivity index (χ3v) is 3.69. The molecule has 0 saturated heterocycles. The first kappa shape index (κ1) is 9.20. The number of hydrogen-bond donors (Lipinski definition) is 1. The van der Waals surface area contributed by atoms with Gasteiger partial charge >= 0.3 is 0 Å². The van der Waals surface area contributed by atoms with Crippen LogP contribution in [0.3, 0.4) is 0 Å². The van der Waals surface area contributed by atoms with Crippen molar-refractivity contribution in [2.24, 2.45) is 17.6 Å². The zero-order chi connectivity index (χ0) is 9.26. The second kappa shape index (κ2) is 3.79. The van der Waals surface area contributed by atoms with Crippen LogP contribution in [0.25, 0.3) is 0 Å². The van der Waals surface area contributed by atoms with Crippen LogP contribution in [-0.4, -0.2) is 11.8 Å². The summed E-state index contributed by atoms with van der Waals surface area (Å²) >= 11 is 0. The summed E-state index contributed by atoms with van der Waals surface area (Å²) in [5.74, 6) is 1.07. The Labute approximate surface area is 79.9 Å². The molecule has 2 fully saturated rings. The number of ketones is 1. The first-order valence-corrected chi connectivity index (χ1v) is 5.58. The molecule has 0 aromatic rings. The van der Waals surface area contributed by atoms with E-state index in [2.05, 4.69) is 0 Å². The lowest BCUT2D eigenvalue weighted by atomic mass is 9.88. The molecule has 2 nitrogen and oxygen atoms in total. The van der Waals surface area contributed by atoms with Crippen molar-refractivity contribution >= 4 is 5.78 Å². The largest absolute Gasteiger partial charge is 0.327 e. The third-order valence-electron chi connectivity index (χ3n) is 3.69. The number of carbonyl (C=O) groups is 1. The van der Waals surface area contributed by atoms with Crippen LogP contribution in [0, 0.1) is 11.8 Å². The number of carbonyl (C=O) groups excluding carboxylic acids is 1. The summed E-state index contributed by atoms with van der Waals surface area (Å²) in [4.78, 5) is 12.0. The summed E-state index contributed by atoms with van der Waals surface area (Å²) in [7, 11) is 0. The Balaban J connectivity index is 1.95. The lowest BCUT2D eigenvalue weighted by Gasteiger charge is -2.17. The molecular formula is C11H19NO. The first-order valence-electron chi connectivity index (χ1n) is 5.58. The van der Waals surface area contributed by atoms with Crippen molar-refractivity contribution in [3.8, 4) is 0 Å². The molecule has 0 aromatic carbocycles. The smallest absolute Gasteiger partial charge is 0.140 e. The summed E-state index contributed by atoms with van der Waals surface area (Å²) < 4.78 is 0. The summed E-state index contributed by atoms with van der Waals surface area (Å²) in [6.07, 6.45) is 8.02. The highest BCUT2D eigenvalue weighted by Crippen LogP contribution is 2.33. The van der Waals surface area contributed by atoms with E-state index in [4.69, 9.17) is 5.73 Å². The van der Waals surface area contributed by atoms with E-state index in [-0.39, 0.29) is 12.0 Å². The average Bonchev–Trinajstić information content (AvgIpc) is 2.72. The Morgan fingerprint density at radius 2 is 1.69 bits per heavy atom. The minimum Gasteiger partial charge on any atom is -0.327 e. The molecule has 2 N–H and O–H groups in total. The van der Waals surface area contributed by atoms with Gasteiger partial charge in [0.25, 0.3) is 0 Å². The van der Waals surface area contributed by atoms with Gasteiger partial charge in [-0.1, -0.05) is 19.3 Å². The van der Waals surface area contributed by atoms with Gasteiger partial charge in [0.05, 0.1) is 0 Å². The maximum absolute atomic E-state index is 12.0. The van der Waals surface area contributed by atoms with Crippen LogP contribution in [0.1, 0.15) is 44.9 Å². The van der Waals surface area contributed by atoms with Crippen molar-refractivity contribution < 1.29 is 4.79 Å². The van der Waals surface area contributed by atoms with Crippen molar-refractivity contribution in [2.75, 3.05) is 0 Å². The predicted molar refractivity (Wildman–Crippen MR) is 52.3 cm³/mol. The summed E-state index contributed by atoms with van der Waals surface area (Å²) in [6.45, 7) is 0. The molecule has 2 heteroatoms. The van der Waals surface area contributed by atoms with E-state index >= 15 is 0 Å². The molecule has 2 aliphatic rings. The van der Waals surface area contributed by atoms with Gasteiger partial charge in [-0.2, -0.15) is 0 Å². The normalized spacial score (nSPS) is 35.5. The molecule has 0 aromatic heterocycles. The van der Waals surface area contributed by atoms with Crippen LogP contribution in [0.4, 0.5) is 0 Å². The monoisotopic (exact) mass is 181 g/mol. The fraction of sp³-hybridized carbons (Fsp3) is 0.909. The van der Waals surface area contributed by atoms with Crippen molar-refractivity contribution in [1.29, 1.82) is 0 Å². The molecule has 0 aliphatic heterocycles. The standard InChI is InChI=1S/C11H19NO/c12-10-7-3-6-9(10)11(13)8-4-1-2-5-8/h8-10H,1-7,12H2. The highest BCUT2D eigenvalue weighted by Gasteiger charge is 2.35. The molecule has 2 aliphatic carbocycles. The molecule has 0 radical (unpaired) electrons. The van der Waals surface area contributed by atoms with Crippen LogP contribution in [0.2, 0.25) is 0 Å². The second-order valence-electron chi connectivity index (χ2n) is 4.59. The van der Waals surface area contributed by atoms with E-state index in [1.54, 1.807) is 0 Å². The van der Waals surface area contributed by atoms with E-state index in [0.717, 1.165) is 32.1 Å². The van der Waals surface area contributed by atoms with Gasteiger partial charge in [0.2, 0.25) is 0 Å². The SMILES string of the molecule is NC1CCCC1C(=O)C1CCCC1. The molecule has 2 saturated carbocycles. The zero-order valence-corrected chi connectivity index (χ0v) is 8.17. The van der Waals surface area contributed by atoms with E-state index in [0.29, 0.717) is 11.7 Å². The summed E-state index contributed by atoms with van der Waals surface area (Å²) in [6, 6.07) is 0.174. The number of rotatable bonds is 2. The predicted octanol–water partition coefficient (Wildman–Crippen LogP) is 1.87. The maximum atomic E-state index is 12.0. The highest BCUT2D eigenvalue weighted by atomic mass is 16.1. The van der Waals surface area contributed by atoms with Crippen molar-refractivity contribution in [3.63, 3.8) is 0 Å². The molecular weight excluding hydrogens is 162 g/mol. The fourth-order valence-corrected chi connectivity index (χ4v) is 2.86. The second-order valence-corrected chi connectivity index (χ2v) is 4.59. The molecule has 0 amide bonds. The Hall–Kier alpha value is -0.370. The topological polar surface area (TPSA) is 43.1 Å². The van der Waals surface area contributed by atoms with E-state index in [9.17, 15) is 4.79 Å². The zero-order valence-electron chi connectivity index (χ0n) is 8.17. The van der Waals surface area contributed by atoms with Gasteiger partial charge in [-0.25, -0.2) is 0 Å². The summed E-state index contributed by atoms with van der Waals surface area (Å²) in [5.41, 5.74) is 5.93. The Kier molecular flexibility index (Phi) is 2.68. The van der Waals surface area contributed by atoms with Crippen LogP contribution in [0.5, 0.6) is 0 Å². The fourth-order valence-electron chi connectivity index (χ4n) is 2.86. The van der Waals surface area contributed by atoms with Gasteiger partial charge in [-0.15, -0.1) is 0 Å². The maximum Gasteiger partial charge on any atom is 0.140 e. The molecule has 74 valence electrons. The number of nitrogens with two attached hydrogens (primary N) is 1. The van der Waals surface area contributed by atoms with Gasteiger partial charge in [-0.3, -0.25) is 4.79 Å². The Morgan fingerprint density at radius 3 is 2.23 bits per heavy atom. The number of Topliss-reactive ketones (excluding diaryl/α,β-unsaturated/α-hetero) is 1. The van der Waals surface area contributed by atoms with Crippen LogP contribution < -0.4 is 5.73 Å². The summed E-state index contributed by atoms with van der Waals surface area (Å²) in [5, 5.41) is 0. The van der Waals surface area contributed by atoms with Crippen molar-refractivity contribution in [2.45, 2.75) is 51.0 Å². The van der Waals surface area contributed by atoms with Crippen molar-refractivity contribution in [3.05, 3.63) is 0 Å². The van der Waals surface area contributed by atoms with Crippen LogP contribution in [0.15, 0.2) is 0 Å². The van der Waals surface area contributed by atoms with Crippen LogP contribution in [-0.2, 0) is 4.79 Å². The van der Waals surface area contributed by atoms with Gasteiger partial charge in [-0.05, 0) is 25.7 Å². The third kappa shape index (κ3) is 1.78. The van der Waals surface area contributed by atoms with Gasteiger partial charge in [0, 0.05) is 17.9 Å². The molecule has 0 heterocycles. The molecule has 0 spiro atoms. The minimum absolute atomic E-state index is 0.174. The van der Waals surface area contributed by atoms with Gasteiger partial charge < -0.3 is 5.73 Å². The van der Waals surface area contributed by atoms with E-state index < -0.39 is 0 Å². The van der Waals surface area contributed by atoms with Crippen molar-refractivity contribution in [1.82, 2.24) is 0 Å². The first-order chi connectivity index (χ1) is 6.29. The number of hydrogen-bond acceptors (Lipinski definition) is 2. The Morgan fingerprint density at radius 1 is 1.00 bits per heavy atom. The molecule has 2 atom stereocenters. The molecule has 2 unspecified atom stereocenters. The lowest BCUT2D eigenvalue weighted by molar-refractivity contribution is -0.126. The van der Waals surface area contributed by atoms with E-state index in [1.807, 2.05) is 0 Å². The van der Waals surface area contributed by atoms with E-state index in [1.165, 1.54) is 12.8 Å². The minimum atomic E-state index is 0.174. The molecule has 13 heavy (non-hydrogen) atoms. The van der Waals surface area contributed by atoms with Crippen LogP contribution >= 0.6 is 0 Å². The average molecular weight is 181 g/mol. The quantitative estimate of drug-likeness (QED) is 0.706.